The zero-order valence-electron chi connectivity index (χ0n) is 8.38. The Morgan fingerprint density at radius 1 is 1.31 bits per heavy atom. The van der Waals surface area contributed by atoms with Gasteiger partial charge in [0.05, 0.1) is 15.6 Å². The molecular formula is C10H9Cl2NO3. The van der Waals surface area contributed by atoms with E-state index in [0.717, 1.165) is 0 Å². The van der Waals surface area contributed by atoms with Gasteiger partial charge in [-0.05, 0) is 19.1 Å². The van der Waals surface area contributed by atoms with Crippen LogP contribution in [0.2, 0.25) is 10.0 Å². The molecule has 0 aliphatic heterocycles. The van der Waals surface area contributed by atoms with E-state index in [1.165, 1.54) is 12.1 Å². The summed E-state index contributed by atoms with van der Waals surface area (Å²) < 4.78 is 0. The Morgan fingerprint density at radius 3 is 2.19 bits per heavy atom. The Kier molecular flexibility index (Phi) is 4.15. The lowest BCUT2D eigenvalue weighted by molar-refractivity contribution is 0.0696. The number of rotatable bonds is 3. The Morgan fingerprint density at radius 2 is 1.81 bits per heavy atom. The Balaban J connectivity index is 3.19. The minimum absolute atomic E-state index is 0.0544. The van der Waals surface area contributed by atoms with Gasteiger partial charge in [-0.2, -0.15) is 0 Å². The first-order valence-corrected chi connectivity index (χ1v) is 5.23. The van der Waals surface area contributed by atoms with E-state index in [-0.39, 0.29) is 27.1 Å². The van der Waals surface area contributed by atoms with Crippen molar-refractivity contribution in [1.82, 2.24) is 5.32 Å². The number of nitrogens with one attached hydrogen (secondary N) is 1. The number of carbonyl (C=O) groups excluding carboxylic acids is 1. The van der Waals surface area contributed by atoms with Crippen LogP contribution in [0.15, 0.2) is 12.1 Å². The topological polar surface area (TPSA) is 66.4 Å². The first-order chi connectivity index (χ1) is 7.47. The molecule has 1 aromatic carbocycles. The molecule has 0 radical (unpaired) electrons. The van der Waals surface area contributed by atoms with Crippen LogP contribution in [0.3, 0.4) is 0 Å². The quantitative estimate of drug-likeness (QED) is 0.879. The number of carbonyl (C=O) groups is 2. The van der Waals surface area contributed by atoms with Crippen molar-refractivity contribution in [3.05, 3.63) is 33.3 Å². The monoisotopic (exact) mass is 261 g/mol. The van der Waals surface area contributed by atoms with E-state index in [1.54, 1.807) is 6.92 Å². The molecule has 0 saturated heterocycles. The summed E-state index contributed by atoms with van der Waals surface area (Å²) in [6.45, 7) is 2.24. The zero-order valence-corrected chi connectivity index (χ0v) is 9.89. The van der Waals surface area contributed by atoms with Crippen LogP contribution in [0.4, 0.5) is 0 Å². The average Bonchev–Trinajstić information content (AvgIpc) is 2.16. The van der Waals surface area contributed by atoms with Crippen molar-refractivity contribution in [2.24, 2.45) is 0 Å². The van der Waals surface area contributed by atoms with Crippen molar-refractivity contribution < 1.29 is 14.7 Å². The van der Waals surface area contributed by atoms with Gasteiger partial charge in [0, 0.05) is 12.1 Å². The molecular weight excluding hydrogens is 253 g/mol. The molecule has 0 heterocycles. The number of hydrogen-bond acceptors (Lipinski definition) is 2. The highest BCUT2D eigenvalue weighted by Crippen LogP contribution is 2.26. The van der Waals surface area contributed by atoms with Crippen molar-refractivity contribution in [2.75, 3.05) is 6.54 Å². The normalized spacial score (nSPS) is 9.94. The second kappa shape index (κ2) is 5.18. The lowest BCUT2D eigenvalue weighted by Crippen LogP contribution is -2.22. The van der Waals surface area contributed by atoms with E-state index in [0.29, 0.717) is 6.54 Å². The maximum atomic E-state index is 11.5. The number of aromatic carboxylic acids is 1. The third kappa shape index (κ3) is 2.65. The van der Waals surface area contributed by atoms with Gasteiger partial charge in [-0.25, -0.2) is 4.79 Å². The molecule has 0 saturated carbocycles. The first kappa shape index (κ1) is 12.8. The fourth-order valence-electron chi connectivity index (χ4n) is 1.17. The molecule has 16 heavy (non-hydrogen) atoms. The molecule has 0 aromatic heterocycles. The Bertz CT molecular complexity index is 423. The van der Waals surface area contributed by atoms with Gasteiger partial charge in [-0.1, -0.05) is 23.2 Å². The van der Waals surface area contributed by atoms with Crippen LogP contribution >= 0.6 is 23.2 Å². The smallest absolute Gasteiger partial charge is 0.338 e. The van der Waals surface area contributed by atoms with Crippen molar-refractivity contribution >= 4 is 35.1 Å². The lowest BCUT2D eigenvalue weighted by Gasteiger charge is -2.06. The summed E-state index contributed by atoms with van der Waals surface area (Å²) in [5.74, 6) is -1.57. The maximum Gasteiger partial charge on any atom is 0.338 e. The molecule has 4 nitrogen and oxygen atoms in total. The highest BCUT2D eigenvalue weighted by Gasteiger charge is 2.17. The summed E-state index contributed by atoms with van der Waals surface area (Å²) >= 11 is 11.5. The summed E-state index contributed by atoms with van der Waals surface area (Å²) in [5.41, 5.74) is 0.0400. The third-order valence-electron chi connectivity index (χ3n) is 1.86. The van der Waals surface area contributed by atoms with Crippen LogP contribution in [0, 0.1) is 0 Å². The predicted octanol–water partition coefficient (Wildman–Crippen LogP) is 2.44. The highest BCUT2D eigenvalue weighted by molar-refractivity contribution is 6.39. The van der Waals surface area contributed by atoms with Crippen molar-refractivity contribution in [3.63, 3.8) is 0 Å². The minimum Gasteiger partial charge on any atom is -0.478 e. The van der Waals surface area contributed by atoms with E-state index in [1.807, 2.05) is 0 Å². The van der Waals surface area contributed by atoms with Gasteiger partial charge in [-0.3, -0.25) is 4.79 Å². The van der Waals surface area contributed by atoms with Crippen LogP contribution in [0.5, 0.6) is 0 Å². The minimum atomic E-state index is -1.22. The summed E-state index contributed by atoms with van der Waals surface area (Å²) in [6, 6.07) is 2.56. The first-order valence-electron chi connectivity index (χ1n) is 4.48. The van der Waals surface area contributed by atoms with Gasteiger partial charge in [-0.15, -0.1) is 0 Å². The second-order valence-electron chi connectivity index (χ2n) is 2.98. The van der Waals surface area contributed by atoms with Crippen LogP contribution < -0.4 is 5.32 Å². The van der Waals surface area contributed by atoms with Crippen LogP contribution in [0.25, 0.3) is 0 Å². The van der Waals surface area contributed by atoms with Gasteiger partial charge in [0.1, 0.15) is 0 Å². The largest absolute Gasteiger partial charge is 0.478 e. The van der Waals surface area contributed by atoms with Gasteiger partial charge in [0.15, 0.2) is 0 Å². The number of hydrogen-bond donors (Lipinski definition) is 2. The van der Waals surface area contributed by atoms with E-state index < -0.39 is 5.97 Å². The number of carboxylic acid groups (broad SMARTS) is 1. The maximum absolute atomic E-state index is 11.5. The van der Waals surface area contributed by atoms with E-state index in [4.69, 9.17) is 28.3 Å². The average molecular weight is 262 g/mol. The van der Waals surface area contributed by atoms with Crippen LogP contribution in [0.1, 0.15) is 27.6 Å². The molecule has 1 rings (SSSR count). The van der Waals surface area contributed by atoms with E-state index in [9.17, 15) is 9.59 Å². The van der Waals surface area contributed by atoms with Crippen molar-refractivity contribution in [1.29, 1.82) is 0 Å². The van der Waals surface area contributed by atoms with Crippen LogP contribution in [-0.2, 0) is 0 Å². The SMILES string of the molecule is CCNC(=O)c1cc(Cl)c(C(=O)O)c(Cl)c1. The molecule has 6 heteroatoms. The fourth-order valence-corrected chi connectivity index (χ4v) is 1.82. The lowest BCUT2D eigenvalue weighted by atomic mass is 10.1. The van der Waals surface area contributed by atoms with E-state index in [2.05, 4.69) is 5.32 Å². The molecule has 1 aromatic rings. The molecule has 0 unspecified atom stereocenters. The zero-order chi connectivity index (χ0) is 12.3. The molecule has 0 fully saturated rings. The molecule has 0 atom stereocenters. The van der Waals surface area contributed by atoms with Gasteiger partial charge >= 0.3 is 5.97 Å². The molecule has 0 aliphatic rings. The number of benzene rings is 1. The Labute approximate surface area is 102 Å². The summed E-state index contributed by atoms with van der Waals surface area (Å²) in [6.07, 6.45) is 0. The summed E-state index contributed by atoms with van der Waals surface area (Å²) in [4.78, 5) is 22.2. The van der Waals surface area contributed by atoms with Crippen molar-refractivity contribution in [2.45, 2.75) is 6.92 Å². The van der Waals surface area contributed by atoms with Gasteiger partial charge < -0.3 is 10.4 Å². The fraction of sp³-hybridized carbons (Fsp3) is 0.200. The van der Waals surface area contributed by atoms with Gasteiger partial charge in [0.2, 0.25) is 0 Å². The molecule has 86 valence electrons. The summed E-state index contributed by atoms with van der Waals surface area (Å²) in [7, 11) is 0. The standard InChI is InChI=1S/C10H9Cl2NO3/c1-2-13-9(14)5-3-6(11)8(10(15)16)7(12)4-5/h3-4H,2H2,1H3,(H,13,14)(H,15,16). The highest BCUT2D eigenvalue weighted by atomic mass is 35.5. The van der Waals surface area contributed by atoms with Gasteiger partial charge in [0.25, 0.3) is 5.91 Å². The second-order valence-corrected chi connectivity index (χ2v) is 3.79. The number of amides is 1. The number of carboxylic acids is 1. The molecule has 1 amide bonds. The molecule has 0 aliphatic carbocycles. The summed E-state index contributed by atoms with van der Waals surface area (Å²) in [5, 5.41) is 11.3. The van der Waals surface area contributed by atoms with Crippen LogP contribution in [-0.4, -0.2) is 23.5 Å². The number of halogens is 2. The molecule has 2 N–H and O–H groups in total. The van der Waals surface area contributed by atoms with Crippen molar-refractivity contribution in [3.8, 4) is 0 Å². The predicted molar refractivity (Wildman–Crippen MR) is 61.4 cm³/mol. The molecule has 0 bridgehead atoms. The van der Waals surface area contributed by atoms with E-state index >= 15 is 0 Å². The third-order valence-corrected chi connectivity index (χ3v) is 2.45. The molecule has 0 spiro atoms. The Hall–Kier alpha value is -1.26.